The highest BCUT2D eigenvalue weighted by atomic mass is 35.5. The van der Waals surface area contributed by atoms with E-state index < -0.39 is 0 Å². The maximum absolute atomic E-state index is 5.36. The molecule has 0 spiro atoms. The first kappa shape index (κ1) is 6.20. The van der Waals surface area contributed by atoms with Crippen molar-refractivity contribution in [1.82, 2.24) is 0 Å². The van der Waals surface area contributed by atoms with Crippen LogP contribution in [0, 0.1) is 11.2 Å². The molecule has 0 aliphatic heterocycles. The van der Waals surface area contributed by atoms with E-state index in [0.717, 1.165) is 0 Å². The van der Waals surface area contributed by atoms with Gasteiger partial charge >= 0.3 is 0 Å². The van der Waals surface area contributed by atoms with Gasteiger partial charge < -0.3 is 0 Å². The van der Waals surface area contributed by atoms with Gasteiger partial charge in [-0.15, -0.1) is 11.6 Å². The maximum atomic E-state index is 5.36. The van der Waals surface area contributed by atoms with Crippen LogP contribution in [0.2, 0.25) is 0 Å². The van der Waals surface area contributed by atoms with Crippen LogP contribution < -0.4 is 0 Å². The molecule has 0 aromatic heterocycles. The predicted octanol–water partition coefficient (Wildman–Crippen LogP) is 1.50. The van der Waals surface area contributed by atoms with Crippen LogP contribution in [0.4, 0.5) is 0 Å². The van der Waals surface area contributed by atoms with Gasteiger partial charge in [-0.3, -0.25) is 0 Å². The Morgan fingerprint density at radius 3 is 2.33 bits per heavy atom. The fourth-order valence-corrected chi connectivity index (χ4v) is 0.413. The molecule has 0 nitrogen and oxygen atoms in total. The minimum absolute atomic E-state index is 0.0671. The van der Waals surface area contributed by atoms with Gasteiger partial charge in [-0.05, 0) is 12.2 Å². The third-order valence-corrected chi connectivity index (χ3v) is 0.502. The quantitative estimate of drug-likeness (QED) is 0.280. The predicted molar refractivity (Wildman–Crippen MR) is 32.1 cm³/mol. The highest BCUT2D eigenvalue weighted by molar-refractivity contribution is 7.85. The maximum Gasteiger partial charge on any atom is 0.0923 e. The van der Waals surface area contributed by atoms with E-state index in [4.69, 9.17) is 11.6 Å². The standard InChI is InChI=1S/C4H5ClS/c1-4(5)2-3-6/h4,6H,1H3. The molecular weight excluding hydrogens is 116 g/mol. The van der Waals surface area contributed by atoms with Gasteiger partial charge in [0.2, 0.25) is 0 Å². The molecule has 34 valence electrons. The van der Waals surface area contributed by atoms with Crippen LogP contribution >= 0.6 is 24.2 Å². The van der Waals surface area contributed by atoms with Gasteiger partial charge in [0, 0.05) is 0 Å². The Hall–Kier alpha value is 0.200. The number of alkyl halides is 1. The van der Waals surface area contributed by atoms with Crippen molar-refractivity contribution in [2.24, 2.45) is 0 Å². The van der Waals surface area contributed by atoms with Gasteiger partial charge in [0.25, 0.3) is 0 Å². The zero-order valence-corrected chi connectivity index (χ0v) is 5.05. The van der Waals surface area contributed by atoms with Crippen molar-refractivity contribution >= 4 is 24.2 Å². The smallest absolute Gasteiger partial charge is 0.0923 e. The molecule has 0 aromatic carbocycles. The van der Waals surface area contributed by atoms with Crippen molar-refractivity contribution in [3.63, 3.8) is 0 Å². The molecule has 2 heteroatoms. The highest BCUT2D eigenvalue weighted by Gasteiger charge is 1.79. The lowest BCUT2D eigenvalue weighted by Gasteiger charge is -1.78. The highest BCUT2D eigenvalue weighted by Crippen LogP contribution is 1.87. The minimum Gasteiger partial charge on any atom is -0.109 e. The molecule has 0 saturated carbocycles. The molecule has 0 bridgehead atoms. The van der Waals surface area contributed by atoms with E-state index in [1.54, 1.807) is 6.92 Å². The number of hydrogen-bond donors (Lipinski definition) is 1. The van der Waals surface area contributed by atoms with E-state index in [1.165, 1.54) is 0 Å². The van der Waals surface area contributed by atoms with E-state index in [9.17, 15) is 0 Å². The lowest BCUT2D eigenvalue weighted by Crippen LogP contribution is -1.78. The molecule has 6 heavy (non-hydrogen) atoms. The average Bonchev–Trinajstić information content (AvgIpc) is 1.35. The summed E-state index contributed by atoms with van der Waals surface area (Å²) in [5.74, 6) is 2.59. The molecule has 0 saturated heterocycles. The van der Waals surface area contributed by atoms with Crippen molar-refractivity contribution in [3.05, 3.63) is 0 Å². The van der Waals surface area contributed by atoms with E-state index in [0.29, 0.717) is 0 Å². The number of rotatable bonds is 0. The Labute approximate surface area is 48.3 Å². The second kappa shape index (κ2) is 3.39. The fraction of sp³-hybridized carbons (Fsp3) is 0.500. The summed E-state index contributed by atoms with van der Waals surface area (Å²) in [5.41, 5.74) is 0. The summed E-state index contributed by atoms with van der Waals surface area (Å²) in [7, 11) is 0. The van der Waals surface area contributed by atoms with Crippen molar-refractivity contribution < 1.29 is 0 Å². The Morgan fingerprint density at radius 1 is 1.83 bits per heavy atom. The van der Waals surface area contributed by atoms with Gasteiger partial charge in [0.15, 0.2) is 0 Å². The Balaban J connectivity index is 3.20. The number of hydrogen-bond acceptors (Lipinski definition) is 1. The van der Waals surface area contributed by atoms with Crippen LogP contribution in [0.5, 0.6) is 0 Å². The lowest BCUT2D eigenvalue weighted by atomic mass is 10.5. The molecule has 0 aliphatic rings. The van der Waals surface area contributed by atoms with Crippen LogP contribution in [0.3, 0.4) is 0 Å². The molecule has 1 unspecified atom stereocenters. The number of halogens is 1. The second-order valence-corrected chi connectivity index (χ2v) is 1.75. The Morgan fingerprint density at radius 2 is 2.33 bits per heavy atom. The monoisotopic (exact) mass is 120 g/mol. The first-order chi connectivity index (χ1) is 2.77. The molecule has 0 fully saturated rings. The molecule has 0 aliphatic carbocycles. The van der Waals surface area contributed by atoms with Crippen molar-refractivity contribution in [2.45, 2.75) is 12.3 Å². The zero-order valence-electron chi connectivity index (χ0n) is 3.40. The average molecular weight is 121 g/mol. The third kappa shape index (κ3) is 4.20. The molecule has 0 radical (unpaired) electrons. The molecule has 0 rings (SSSR count). The van der Waals surface area contributed by atoms with Gasteiger partial charge in [0.1, 0.15) is 0 Å². The third-order valence-electron chi connectivity index (χ3n) is 0.263. The van der Waals surface area contributed by atoms with E-state index in [-0.39, 0.29) is 5.38 Å². The summed E-state index contributed by atoms with van der Waals surface area (Å²) in [6, 6.07) is 0. The van der Waals surface area contributed by atoms with E-state index in [1.807, 2.05) is 0 Å². The van der Waals surface area contributed by atoms with Crippen LogP contribution in [0.15, 0.2) is 0 Å². The molecule has 1 atom stereocenters. The topological polar surface area (TPSA) is 0 Å². The molecule has 0 amide bonds. The lowest BCUT2D eigenvalue weighted by molar-refractivity contribution is 1.29. The molecular formula is C4H5ClS. The largest absolute Gasteiger partial charge is 0.109 e. The van der Waals surface area contributed by atoms with Crippen LogP contribution in [0.1, 0.15) is 6.92 Å². The molecule has 0 aromatic rings. The summed E-state index contributed by atoms with van der Waals surface area (Å²) < 4.78 is 0. The summed E-state index contributed by atoms with van der Waals surface area (Å²) in [6.07, 6.45) is 0. The van der Waals surface area contributed by atoms with Crippen LogP contribution in [0.25, 0.3) is 0 Å². The summed E-state index contributed by atoms with van der Waals surface area (Å²) in [5, 5.41) is 2.31. The summed E-state index contributed by atoms with van der Waals surface area (Å²) in [6.45, 7) is 1.80. The van der Waals surface area contributed by atoms with Crippen molar-refractivity contribution in [3.8, 4) is 11.2 Å². The van der Waals surface area contributed by atoms with Crippen molar-refractivity contribution in [1.29, 1.82) is 0 Å². The first-order valence-electron chi connectivity index (χ1n) is 1.56. The summed E-state index contributed by atoms with van der Waals surface area (Å²) in [4.78, 5) is 0. The fourth-order valence-electron chi connectivity index (χ4n) is 0.0889. The Kier molecular flexibility index (Phi) is 3.51. The van der Waals surface area contributed by atoms with Gasteiger partial charge in [0.05, 0.1) is 5.38 Å². The SMILES string of the molecule is CC(Cl)C#CS. The Bertz CT molecular complexity index is 77.3. The number of thiol groups is 1. The van der Waals surface area contributed by atoms with Crippen LogP contribution in [-0.2, 0) is 0 Å². The first-order valence-corrected chi connectivity index (χ1v) is 2.44. The van der Waals surface area contributed by atoms with E-state index >= 15 is 0 Å². The normalized spacial score (nSPS) is 11.8. The van der Waals surface area contributed by atoms with E-state index in [2.05, 4.69) is 23.8 Å². The molecule has 0 heterocycles. The molecule has 0 N–H and O–H groups in total. The zero-order chi connectivity index (χ0) is 4.99. The van der Waals surface area contributed by atoms with Gasteiger partial charge in [-0.25, -0.2) is 0 Å². The minimum atomic E-state index is -0.0671. The van der Waals surface area contributed by atoms with Gasteiger partial charge in [-0.2, -0.15) is 0 Å². The van der Waals surface area contributed by atoms with Crippen LogP contribution in [-0.4, -0.2) is 5.38 Å². The van der Waals surface area contributed by atoms with Gasteiger partial charge in [-0.1, -0.05) is 18.5 Å². The van der Waals surface area contributed by atoms with Crippen molar-refractivity contribution in [2.75, 3.05) is 0 Å². The summed E-state index contributed by atoms with van der Waals surface area (Å²) >= 11 is 8.97. The second-order valence-electron chi connectivity index (χ2n) is 0.872.